The number of hydrogen-bond acceptors (Lipinski definition) is 7. The number of nitrogens with zero attached hydrogens (tertiary/aromatic N) is 2. The van der Waals surface area contributed by atoms with Gasteiger partial charge in [-0.05, 0) is 25.7 Å². The minimum Gasteiger partial charge on any atom is -0.338 e. The highest BCUT2D eigenvalue weighted by Gasteiger charge is 2.32. The predicted octanol–water partition coefficient (Wildman–Crippen LogP) is 1.26. The molecule has 1 fully saturated rings. The van der Waals surface area contributed by atoms with Crippen LogP contribution in [-0.4, -0.2) is 46.8 Å². The van der Waals surface area contributed by atoms with E-state index in [1.807, 2.05) is 0 Å². The number of carbonyl (C=O) groups excluding carboxylic acids is 5. The first-order valence-electron chi connectivity index (χ1n) is 9.39. The Morgan fingerprint density at radius 1 is 1.07 bits per heavy atom. The zero-order chi connectivity index (χ0) is 20.5. The average molecular weight is 392 g/mol. The summed E-state index contributed by atoms with van der Waals surface area (Å²) >= 11 is 0. The lowest BCUT2D eigenvalue weighted by molar-refractivity contribution is -0.198. The molecule has 2 rings (SSSR count). The molecular weight excluding hydrogens is 368 g/mol. The first-order valence-corrected chi connectivity index (χ1v) is 9.39. The van der Waals surface area contributed by atoms with Crippen molar-refractivity contribution in [2.45, 2.75) is 64.2 Å². The SMILES string of the molecule is CN(OC(=O)C1CCC#CCCC1)C(=O)CCCC(=O)ON1C(=O)CCC1=O. The van der Waals surface area contributed by atoms with Crippen molar-refractivity contribution in [3.8, 4) is 11.8 Å². The number of amides is 3. The molecule has 9 nitrogen and oxygen atoms in total. The van der Waals surface area contributed by atoms with Crippen LogP contribution >= 0.6 is 0 Å². The summed E-state index contributed by atoms with van der Waals surface area (Å²) in [5.41, 5.74) is 0. The van der Waals surface area contributed by atoms with E-state index in [1.165, 1.54) is 7.05 Å². The van der Waals surface area contributed by atoms with Crippen LogP contribution in [0, 0.1) is 17.8 Å². The smallest absolute Gasteiger partial charge is 0.335 e. The zero-order valence-corrected chi connectivity index (χ0v) is 15.9. The van der Waals surface area contributed by atoms with Gasteiger partial charge in [0.15, 0.2) is 0 Å². The Labute approximate surface area is 163 Å². The van der Waals surface area contributed by atoms with Gasteiger partial charge in [-0.15, -0.1) is 16.9 Å². The van der Waals surface area contributed by atoms with Gasteiger partial charge in [0.25, 0.3) is 17.7 Å². The van der Waals surface area contributed by atoms with E-state index in [4.69, 9.17) is 9.68 Å². The minimum atomic E-state index is -0.772. The lowest BCUT2D eigenvalue weighted by atomic mass is 9.95. The van der Waals surface area contributed by atoms with E-state index < -0.39 is 29.7 Å². The molecule has 28 heavy (non-hydrogen) atoms. The summed E-state index contributed by atoms with van der Waals surface area (Å²) in [6.07, 6.45) is 3.46. The lowest BCUT2D eigenvalue weighted by Gasteiger charge is -2.20. The van der Waals surface area contributed by atoms with Crippen LogP contribution in [0.5, 0.6) is 0 Å². The molecule has 1 atom stereocenters. The Balaban J connectivity index is 1.68. The monoisotopic (exact) mass is 392 g/mol. The number of hydrogen-bond donors (Lipinski definition) is 0. The fourth-order valence-corrected chi connectivity index (χ4v) is 2.85. The Morgan fingerprint density at radius 2 is 1.75 bits per heavy atom. The second-order valence-electron chi connectivity index (χ2n) is 6.68. The summed E-state index contributed by atoms with van der Waals surface area (Å²) in [6.45, 7) is 0. The van der Waals surface area contributed by atoms with E-state index in [-0.39, 0.29) is 38.0 Å². The van der Waals surface area contributed by atoms with E-state index in [2.05, 4.69) is 11.8 Å². The van der Waals surface area contributed by atoms with Gasteiger partial charge in [-0.25, -0.2) is 9.59 Å². The van der Waals surface area contributed by atoms with Crippen molar-refractivity contribution in [3.05, 3.63) is 0 Å². The van der Waals surface area contributed by atoms with Gasteiger partial charge < -0.3 is 9.68 Å². The molecule has 1 aliphatic carbocycles. The molecule has 1 unspecified atom stereocenters. The standard InChI is InChI=1S/C19H24N2O7/c1-20(28-19(26)14-8-5-3-2-4-6-9-14)15(22)10-7-11-18(25)27-21-16(23)12-13-17(21)24/h14H,3,5-13H2,1H3. The molecule has 0 radical (unpaired) electrons. The second kappa shape index (κ2) is 10.4. The number of hydroxylamine groups is 4. The molecular formula is C19H24N2O7. The van der Waals surface area contributed by atoms with Gasteiger partial charge in [0, 0.05) is 45.6 Å². The summed E-state index contributed by atoms with van der Waals surface area (Å²) in [5.74, 6) is 2.94. The highest BCUT2D eigenvalue weighted by atomic mass is 16.7. The molecule has 152 valence electrons. The average Bonchev–Trinajstić information content (AvgIpc) is 2.93. The molecule has 0 aromatic heterocycles. The van der Waals surface area contributed by atoms with Crippen LogP contribution in [0.4, 0.5) is 0 Å². The van der Waals surface area contributed by atoms with E-state index in [9.17, 15) is 24.0 Å². The van der Waals surface area contributed by atoms with E-state index in [0.29, 0.717) is 24.3 Å². The molecule has 0 aromatic rings. The molecule has 2 aliphatic rings. The van der Waals surface area contributed by atoms with Crippen molar-refractivity contribution in [1.82, 2.24) is 10.1 Å². The lowest BCUT2D eigenvalue weighted by Crippen LogP contribution is -2.33. The van der Waals surface area contributed by atoms with Gasteiger partial charge in [-0.1, -0.05) is 0 Å². The molecule has 9 heteroatoms. The van der Waals surface area contributed by atoms with Gasteiger partial charge in [-0.2, -0.15) is 5.06 Å². The van der Waals surface area contributed by atoms with E-state index >= 15 is 0 Å². The van der Waals surface area contributed by atoms with Crippen molar-refractivity contribution < 1.29 is 33.6 Å². The second-order valence-corrected chi connectivity index (χ2v) is 6.68. The predicted molar refractivity (Wildman–Crippen MR) is 94.2 cm³/mol. The van der Waals surface area contributed by atoms with Crippen LogP contribution in [0.15, 0.2) is 0 Å². The Hall–Kier alpha value is -2.89. The molecule has 0 bridgehead atoms. The maximum absolute atomic E-state index is 12.2. The first kappa shape index (κ1) is 21.4. The summed E-state index contributed by atoms with van der Waals surface area (Å²) < 4.78 is 0. The third-order valence-corrected chi connectivity index (χ3v) is 4.48. The topological polar surface area (TPSA) is 110 Å². The Bertz CT molecular complexity index is 691. The molecule has 0 aromatic carbocycles. The molecule has 3 amide bonds. The Morgan fingerprint density at radius 3 is 2.46 bits per heavy atom. The molecule has 0 N–H and O–H groups in total. The van der Waals surface area contributed by atoms with Crippen molar-refractivity contribution >= 4 is 29.7 Å². The summed E-state index contributed by atoms with van der Waals surface area (Å²) in [7, 11) is 1.35. The molecule has 0 saturated carbocycles. The molecule has 1 saturated heterocycles. The molecule has 1 aliphatic heterocycles. The first-order chi connectivity index (χ1) is 13.4. The highest BCUT2D eigenvalue weighted by molar-refractivity contribution is 6.01. The molecule has 0 spiro atoms. The van der Waals surface area contributed by atoms with Crippen LogP contribution in [0.2, 0.25) is 0 Å². The van der Waals surface area contributed by atoms with Gasteiger partial charge in [0.1, 0.15) is 0 Å². The summed E-state index contributed by atoms with van der Waals surface area (Å²) in [4.78, 5) is 68.6. The third-order valence-electron chi connectivity index (χ3n) is 4.48. The fourth-order valence-electron chi connectivity index (χ4n) is 2.85. The maximum Gasteiger partial charge on any atom is 0.335 e. The van der Waals surface area contributed by atoms with Crippen molar-refractivity contribution in [2.24, 2.45) is 5.92 Å². The van der Waals surface area contributed by atoms with Crippen molar-refractivity contribution in [2.75, 3.05) is 7.05 Å². The van der Waals surface area contributed by atoms with Gasteiger partial charge in [-0.3, -0.25) is 14.4 Å². The maximum atomic E-state index is 12.2. The van der Waals surface area contributed by atoms with Gasteiger partial charge >= 0.3 is 11.9 Å². The van der Waals surface area contributed by atoms with Crippen molar-refractivity contribution in [1.29, 1.82) is 0 Å². The summed E-state index contributed by atoms with van der Waals surface area (Å²) in [6, 6.07) is 0. The number of rotatable bonds is 6. The zero-order valence-electron chi connectivity index (χ0n) is 15.9. The number of imide groups is 1. The summed E-state index contributed by atoms with van der Waals surface area (Å²) in [5, 5.41) is 1.35. The van der Waals surface area contributed by atoms with E-state index in [1.54, 1.807) is 0 Å². The fraction of sp³-hybridized carbons (Fsp3) is 0.632. The largest absolute Gasteiger partial charge is 0.338 e. The Kier molecular flexibility index (Phi) is 7.99. The van der Waals surface area contributed by atoms with Crippen LogP contribution in [0.1, 0.15) is 64.2 Å². The van der Waals surface area contributed by atoms with Gasteiger partial charge in [0.05, 0.1) is 5.92 Å². The quantitative estimate of drug-likeness (QED) is 0.380. The van der Waals surface area contributed by atoms with Crippen LogP contribution in [-0.2, 0) is 33.6 Å². The van der Waals surface area contributed by atoms with Crippen LogP contribution < -0.4 is 0 Å². The molecule has 1 heterocycles. The normalized spacial score (nSPS) is 19.2. The van der Waals surface area contributed by atoms with Crippen LogP contribution in [0.25, 0.3) is 0 Å². The minimum absolute atomic E-state index is 0.0222. The third kappa shape index (κ3) is 6.37. The number of carbonyl (C=O) groups is 5. The van der Waals surface area contributed by atoms with Crippen LogP contribution in [0.3, 0.4) is 0 Å². The van der Waals surface area contributed by atoms with E-state index in [0.717, 1.165) is 17.9 Å². The highest BCUT2D eigenvalue weighted by Crippen LogP contribution is 2.19. The van der Waals surface area contributed by atoms with Crippen molar-refractivity contribution in [3.63, 3.8) is 0 Å². The van der Waals surface area contributed by atoms with Gasteiger partial charge in [0.2, 0.25) is 0 Å².